The number of hydrogen-bond donors (Lipinski definition) is 0. The van der Waals surface area contributed by atoms with E-state index in [9.17, 15) is 14.4 Å². The van der Waals surface area contributed by atoms with Gasteiger partial charge in [-0.3, -0.25) is 14.4 Å². The van der Waals surface area contributed by atoms with Crippen LogP contribution in [0.1, 0.15) is 252 Å². The second-order valence-corrected chi connectivity index (χ2v) is 17.4. The summed E-state index contributed by atoms with van der Waals surface area (Å²) < 4.78 is 16.8. The van der Waals surface area contributed by atoms with Crippen LogP contribution in [0.2, 0.25) is 0 Å². The molecule has 0 radical (unpaired) electrons. The summed E-state index contributed by atoms with van der Waals surface area (Å²) in [5, 5.41) is 0. The molecule has 1 unspecified atom stereocenters. The van der Waals surface area contributed by atoms with Crippen molar-refractivity contribution in [2.24, 2.45) is 0 Å². The average molecular weight is 879 g/mol. The molecule has 0 aliphatic carbocycles. The standard InChI is InChI=1S/C57H98O6/c1-4-7-10-13-16-19-21-23-25-27-28-29-30-31-33-34-36-38-41-44-47-50-56(59)62-53-54(52-61-55(58)49-46-43-40-18-15-12-9-6-3)63-57(60)51-48-45-42-39-37-35-32-26-24-22-20-17-14-11-8-5-2/h7,10,16,19-20,22-23,25-26,28-29,32,54H,4-6,8-9,11-15,17-18,21,24,27,30-31,33-53H2,1-3H3/b10-7-,19-16-,22-20-,25-23-,29-28-,32-26-. The van der Waals surface area contributed by atoms with Crippen molar-refractivity contribution in [3.8, 4) is 0 Å². The zero-order valence-electron chi connectivity index (χ0n) is 41.3. The van der Waals surface area contributed by atoms with Crippen LogP contribution in [0.3, 0.4) is 0 Å². The highest BCUT2D eigenvalue weighted by atomic mass is 16.6. The first-order chi connectivity index (χ1) is 31.0. The fraction of sp³-hybridized carbons (Fsp3) is 0.737. The minimum atomic E-state index is -0.783. The van der Waals surface area contributed by atoms with Crippen molar-refractivity contribution >= 4 is 17.9 Å². The molecule has 0 rings (SSSR count). The van der Waals surface area contributed by atoms with Crippen molar-refractivity contribution < 1.29 is 28.6 Å². The molecule has 0 aliphatic heterocycles. The first-order valence-corrected chi connectivity index (χ1v) is 26.4. The molecule has 0 saturated heterocycles. The van der Waals surface area contributed by atoms with Gasteiger partial charge in [0.15, 0.2) is 6.10 Å². The molecule has 0 aromatic carbocycles. The SMILES string of the molecule is CC/C=C\C/C=C\C/C=C\C/C=C\CCCCCCCCCCC(=O)OCC(COC(=O)CCCCCCCCCC)OC(=O)CCCCCCC/C=C\C/C=C\CCCCCC. The molecule has 0 aromatic rings. The number of carbonyl (C=O) groups excluding carboxylic acids is 3. The Labute approximate surface area is 389 Å². The highest BCUT2D eigenvalue weighted by Crippen LogP contribution is 2.14. The number of unbranched alkanes of at least 4 members (excludes halogenated alkanes) is 24. The molecule has 0 aliphatic rings. The third-order valence-electron chi connectivity index (χ3n) is 11.2. The predicted octanol–water partition coefficient (Wildman–Crippen LogP) is 17.4. The average Bonchev–Trinajstić information content (AvgIpc) is 3.28. The maximum absolute atomic E-state index is 12.8. The molecule has 0 spiro atoms. The summed E-state index contributed by atoms with van der Waals surface area (Å²) in [4.78, 5) is 37.9. The molecule has 0 heterocycles. The van der Waals surface area contributed by atoms with Gasteiger partial charge in [-0.1, -0.05) is 216 Å². The minimum absolute atomic E-state index is 0.0828. The van der Waals surface area contributed by atoms with Gasteiger partial charge in [0.25, 0.3) is 0 Å². The maximum atomic E-state index is 12.8. The van der Waals surface area contributed by atoms with Gasteiger partial charge >= 0.3 is 17.9 Å². The number of ether oxygens (including phenoxy) is 3. The van der Waals surface area contributed by atoms with Crippen LogP contribution in [0.4, 0.5) is 0 Å². The highest BCUT2D eigenvalue weighted by Gasteiger charge is 2.19. The van der Waals surface area contributed by atoms with E-state index < -0.39 is 6.10 Å². The fourth-order valence-electron chi connectivity index (χ4n) is 7.23. The van der Waals surface area contributed by atoms with Crippen molar-refractivity contribution in [3.05, 3.63) is 72.9 Å². The molecule has 1 atom stereocenters. The lowest BCUT2D eigenvalue weighted by molar-refractivity contribution is -0.167. The molecular formula is C57H98O6. The first kappa shape index (κ1) is 59.9. The van der Waals surface area contributed by atoms with Gasteiger partial charge in [0, 0.05) is 19.3 Å². The van der Waals surface area contributed by atoms with Crippen molar-refractivity contribution in [1.29, 1.82) is 0 Å². The lowest BCUT2D eigenvalue weighted by atomic mass is 10.1. The van der Waals surface area contributed by atoms with E-state index in [4.69, 9.17) is 14.2 Å². The van der Waals surface area contributed by atoms with E-state index in [0.29, 0.717) is 19.3 Å². The first-order valence-electron chi connectivity index (χ1n) is 26.4. The largest absolute Gasteiger partial charge is 0.462 e. The summed E-state index contributed by atoms with van der Waals surface area (Å²) in [7, 11) is 0. The van der Waals surface area contributed by atoms with Crippen molar-refractivity contribution in [3.63, 3.8) is 0 Å². The molecule has 0 N–H and O–H groups in total. The topological polar surface area (TPSA) is 78.9 Å². The molecular weight excluding hydrogens is 781 g/mol. The van der Waals surface area contributed by atoms with Gasteiger partial charge in [0.05, 0.1) is 0 Å². The summed E-state index contributed by atoms with van der Waals surface area (Å²) in [6, 6.07) is 0. The molecule has 362 valence electrons. The smallest absolute Gasteiger partial charge is 0.306 e. The van der Waals surface area contributed by atoms with E-state index in [1.54, 1.807) is 0 Å². The summed E-state index contributed by atoms with van der Waals surface area (Å²) in [6.45, 7) is 6.46. The van der Waals surface area contributed by atoms with E-state index in [0.717, 1.165) is 116 Å². The predicted molar refractivity (Wildman–Crippen MR) is 270 cm³/mol. The second kappa shape index (κ2) is 51.5. The second-order valence-electron chi connectivity index (χ2n) is 17.4. The molecule has 0 fully saturated rings. The van der Waals surface area contributed by atoms with Crippen LogP contribution in [0, 0.1) is 0 Å². The molecule has 0 saturated carbocycles. The zero-order valence-corrected chi connectivity index (χ0v) is 41.3. The van der Waals surface area contributed by atoms with Crippen LogP contribution in [-0.4, -0.2) is 37.2 Å². The van der Waals surface area contributed by atoms with E-state index in [2.05, 4.69) is 93.7 Å². The van der Waals surface area contributed by atoms with Crippen LogP contribution in [0.25, 0.3) is 0 Å². The lowest BCUT2D eigenvalue weighted by Gasteiger charge is -2.18. The molecule has 6 heteroatoms. The van der Waals surface area contributed by atoms with Gasteiger partial charge in [-0.2, -0.15) is 0 Å². The van der Waals surface area contributed by atoms with Crippen molar-refractivity contribution in [2.75, 3.05) is 13.2 Å². The molecule has 6 nitrogen and oxygen atoms in total. The summed E-state index contributed by atoms with van der Waals surface area (Å²) >= 11 is 0. The Kier molecular flexibility index (Phi) is 48.9. The van der Waals surface area contributed by atoms with E-state index in [-0.39, 0.29) is 31.1 Å². The number of allylic oxidation sites excluding steroid dienone is 12. The maximum Gasteiger partial charge on any atom is 0.306 e. The monoisotopic (exact) mass is 879 g/mol. The molecule has 0 aromatic heterocycles. The highest BCUT2D eigenvalue weighted by molar-refractivity contribution is 5.71. The zero-order chi connectivity index (χ0) is 45.8. The van der Waals surface area contributed by atoms with E-state index in [1.165, 1.54) is 96.3 Å². The van der Waals surface area contributed by atoms with E-state index >= 15 is 0 Å². The van der Waals surface area contributed by atoms with Gasteiger partial charge < -0.3 is 14.2 Å². The Balaban J connectivity index is 4.30. The van der Waals surface area contributed by atoms with Crippen LogP contribution < -0.4 is 0 Å². The van der Waals surface area contributed by atoms with Gasteiger partial charge in [-0.25, -0.2) is 0 Å². The number of hydrogen-bond acceptors (Lipinski definition) is 6. The molecule has 0 bridgehead atoms. The number of esters is 3. The van der Waals surface area contributed by atoms with Crippen molar-refractivity contribution in [1.82, 2.24) is 0 Å². The third-order valence-corrected chi connectivity index (χ3v) is 11.2. The van der Waals surface area contributed by atoms with Gasteiger partial charge in [0.1, 0.15) is 13.2 Å². The van der Waals surface area contributed by atoms with Gasteiger partial charge in [-0.15, -0.1) is 0 Å². The van der Waals surface area contributed by atoms with Crippen LogP contribution in [0.5, 0.6) is 0 Å². The van der Waals surface area contributed by atoms with Crippen LogP contribution >= 0.6 is 0 Å². The summed E-state index contributed by atoms with van der Waals surface area (Å²) in [6.07, 6.45) is 64.6. The van der Waals surface area contributed by atoms with Gasteiger partial charge in [-0.05, 0) is 89.9 Å². The minimum Gasteiger partial charge on any atom is -0.462 e. The Bertz CT molecular complexity index is 1190. The summed E-state index contributed by atoms with van der Waals surface area (Å²) in [5.41, 5.74) is 0. The molecule has 0 amide bonds. The van der Waals surface area contributed by atoms with Crippen LogP contribution in [0.15, 0.2) is 72.9 Å². The normalized spacial score (nSPS) is 12.6. The van der Waals surface area contributed by atoms with Gasteiger partial charge in [0.2, 0.25) is 0 Å². The number of carbonyl (C=O) groups is 3. The Morgan fingerprint density at radius 2 is 0.619 bits per heavy atom. The lowest BCUT2D eigenvalue weighted by Crippen LogP contribution is -2.30. The molecule has 63 heavy (non-hydrogen) atoms. The Hall–Kier alpha value is -3.15. The fourth-order valence-corrected chi connectivity index (χ4v) is 7.23. The van der Waals surface area contributed by atoms with Crippen molar-refractivity contribution in [2.45, 2.75) is 258 Å². The Morgan fingerprint density at radius 1 is 0.333 bits per heavy atom. The Morgan fingerprint density at radius 3 is 0.984 bits per heavy atom. The van der Waals surface area contributed by atoms with Crippen LogP contribution in [-0.2, 0) is 28.6 Å². The van der Waals surface area contributed by atoms with E-state index in [1.807, 2.05) is 0 Å². The third kappa shape index (κ3) is 49.7. The number of rotatable bonds is 47. The summed E-state index contributed by atoms with van der Waals surface area (Å²) in [5.74, 6) is -0.907. The quantitative estimate of drug-likeness (QED) is 0.0262.